The maximum absolute atomic E-state index is 13.3. The van der Waals surface area contributed by atoms with Crippen LogP contribution in [0.15, 0.2) is 20.9 Å². The number of ether oxygens (including phenoxy) is 1. The lowest BCUT2D eigenvalue weighted by atomic mass is 9.98. The Labute approximate surface area is 116 Å². The molecule has 114 valence electrons. The summed E-state index contributed by atoms with van der Waals surface area (Å²) in [7, 11) is 0. The highest BCUT2D eigenvalue weighted by atomic mass is 19.1. The van der Waals surface area contributed by atoms with Crippen LogP contribution in [0.1, 0.15) is 13.2 Å². The number of aromatic amines is 1. The van der Waals surface area contributed by atoms with Crippen molar-refractivity contribution in [2.75, 3.05) is 6.61 Å². The van der Waals surface area contributed by atoms with Gasteiger partial charge in [-0.1, -0.05) is 12.0 Å². The zero-order valence-electron chi connectivity index (χ0n) is 10.8. The molecule has 4 unspecified atom stereocenters. The Bertz CT molecular complexity index is 711. The van der Waals surface area contributed by atoms with Crippen LogP contribution >= 0.6 is 0 Å². The van der Waals surface area contributed by atoms with Gasteiger partial charge < -0.3 is 14.9 Å². The molecule has 1 fully saturated rings. The number of aliphatic hydroxyl groups excluding tert-OH is 2. The molecule has 1 aromatic rings. The quantitative estimate of drug-likeness (QED) is 0.379. The minimum atomic E-state index is -1.98. The summed E-state index contributed by atoms with van der Waals surface area (Å²) in [4.78, 5) is 26.9. The maximum atomic E-state index is 13.3. The fraction of sp³-hybridized carbons (Fsp3) is 0.600. The monoisotopic (exact) mass is 301 g/mol. The van der Waals surface area contributed by atoms with Gasteiger partial charge in [0.2, 0.25) is 5.82 Å². The van der Waals surface area contributed by atoms with Gasteiger partial charge in [-0.2, -0.15) is 4.39 Å². The van der Waals surface area contributed by atoms with Crippen molar-refractivity contribution >= 4 is 0 Å². The summed E-state index contributed by atoms with van der Waals surface area (Å²) in [6, 6.07) is 0. The van der Waals surface area contributed by atoms with E-state index in [0.717, 1.165) is 4.57 Å². The van der Waals surface area contributed by atoms with Crippen LogP contribution in [0.25, 0.3) is 10.4 Å². The van der Waals surface area contributed by atoms with E-state index in [9.17, 15) is 24.2 Å². The summed E-state index contributed by atoms with van der Waals surface area (Å²) in [6.45, 7) is 0.620. The number of halogens is 1. The maximum Gasteiger partial charge on any atom is 0.330 e. The van der Waals surface area contributed by atoms with Crippen LogP contribution in [0.5, 0.6) is 0 Å². The van der Waals surface area contributed by atoms with Gasteiger partial charge in [0, 0.05) is 10.8 Å². The molecule has 0 spiro atoms. The van der Waals surface area contributed by atoms with Crippen molar-refractivity contribution < 1.29 is 19.3 Å². The number of rotatable bonds is 3. The summed E-state index contributed by atoms with van der Waals surface area (Å²) in [5.74, 6) is -2.03. The molecular formula is C10H12FN5O5. The number of hydrogen-bond donors (Lipinski definition) is 3. The molecular weight excluding hydrogens is 289 g/mol. The molecule has 21 heavy (non-hydrogen) atoms. The van der Waals surface area contributed by atoms with Crippen molar-refractivity contribution in [2.45, 2.75) is 25.0 Å². The lowest BCUT2D eigenvalue weighted by Crippen LogP contribution is -2.42. The third kappa shape index (κ3) is 2.32. The predicted octanol–water partition coefficient (Wildman–Crippen LogP) is -0.800. The van der Waals surface area contributed by atoms with Crippen molar-refractivity contribution in [1.29, 1.82) is 0 Å². The number of nitrogens with one attached hydrogen (secondary N) is 1. The van der Waals surface area contributed by atoms with E-state index >= 15 is 0 Å². The van der Waals surface area contributed by atoms with Gasteiger partial charge in [0.15, 0.2) is 5.72 Å². The van der Waals surface area contributed by atoms with Crippen molar-refractivity contribution in [3.63, 3.8) is 0 Å². The predicted molar refractivity (Wildman–Crippen MR) is 65.5 cm³/mol. The second kappa shape index (κ2) is 5.30. The Morgan fingerprint density at radius 1 is 1.67 bits per heavy atom. The van der Waals surface area contributed by atoms with Crippen LogP contribution in [-0.2, 0) is 4.74 Å². The summed E-state index contributed by atoms with van der Waals surface area (Å²) in [6.07, 6.45) is -2.03. The van der Waals surface area contributed by atoms with Crippen LogP contribution in [-0.4, -0.2) is 38.2 Å². The van der Waals surface area contributed by atoms with E-state index in [1.54, 1.807) is 4.98 Å². The van der Waals surface area contributed by atoms with Crippen molar-refractivity contribution in [1.82, 2.24) is 9.55 Å². The molecule has 0 aromatic carbocycles. The zero-order chi connectivity index (χ0) is 15.8. The first-order valence-corrected chi connectivity index (χ1v) is 5.90. The first-order chi connectivity index (χ1) is 9.86. The van der Waals surface area contributed by atoms with Crippen molar-refractivity contribution in [3.8, 4) is 0 Å². The van der Waals surface area contributed by atoms with Gasteiger partial charge in [-0.3, -0.25) is 14.3 Å². The molecule has 0 aliphatic carbocycles. The number of hydrogen-bond acceptors (Lipinski definition) is 6. The second-order valence-electron chi connectivity index (χ2n) is 4.65. The van der Waals surface area contributed by atoms with E-state index in [1.165, 1.54) is 6.92 Å². The molecule has 3 N–H and O–H groups in total. The van der Waals surface area contributed by atoms with Gasteiger partial charge in [0.1, 0.15) is 6.23 Å². The average molecular weight is 301 g/mol. The van der Waals surface area contributed by atoms with E-state index in [1.807, 2.05) is 0 Å². The summed E-state index contributed by atoms with van der Waals surface area (Å²) >= 11 is 0. The molecule has 0 saturated carbocycles. The van der Waals surface area contributed by atoms with Gasteiger partial charge in [-0.15, -0.1) is 0 Å². The summed E-state index contributed by atoms with van der Waals surface area (Å²) in [5.41, 5.74) is 4.37. The largest absolute Gasteiger partial charge is 0.393 e. The molecule has 1 aromatic heterocycles. The van der Waals surface area contributed by atoms with Gasteiger partial charge in [0.05, 0.1) is 18.9 Å². The smallest absolute Gasteiger partial charge is 0.330 e. The van der Waals surface area contributed by atoms with E-state index in [4.69, 9.17) is 10.3 Å². The fourth-order valence-corrected chi connectivity index (χ4v) is 2.23. The first-order valence-electron chi connectivity index (χ1n) is 5.90. The topological polar surface area (TPSA) is 153 Å². The van der Waals surface area contributed by atoms with Crippen molar-refractivity contribution in [3.05, 3.63) is 43.3 Å². The van der Waals surface area contributed by atoms with Crippen molar-refractivity contribution in [2.24, 2.45) is 11.0 Å². The molecule has 4 atom stereocenters. The zero-order valence-corrected chi connectivity index (χ0v) is 10.8. The lowest BCUT2D eigenvalue weighted by Gasteiger charge is -2.24. The standard InChI is InChI=1S/C10H12FN5O5/c1-4-6(18)10(3-17,14-15-12)21-8(4)16-2-5(11)7(19)13-9(16)20/h2,4,6,8,17-18H,3H2,1H3,(H,13,19,20). The van der Waals surface area contributed by atoms with Crippen LogP contribution in [0, 0.1) is 11.7 Å². The SMILES string of the molecule is CC1C(n2cc(F)c(=O)[nH]c2=O)OC(CO)(N=[N+]=[N-])C1O. The van der Waals surface area contributed by atoms with Crippen LogP contribution in [0.4, 0.5) is 4.39 Å². The highest BCUT2D eigenvalue weighted by Gasteiger charge is 2.53. The number of H-pyrrole nitrogens is 1. The van der Waals surface area contributed by atoms with Gasteiger partial charge >= 0.3 is 5.69 Å². The lowest BCUT2D eigenvalue weighted by molar-refractivity contribution is -0.124. The van der Waals surface area contributed by atoms with E-state index < -0.39 is 47.6 Å². The van der Waals surface area contributed by atoms with E-state index in [0.29, 0.717) is 6.20 Å². The number of nitrogens with zero attached hydrogens (tertiary/aromatic N) is 4. The molecule has 10 nitrogen and oxygen atoms in total. The number of aromatic nitrogens is 2. The molecule has 1 aliphatic heterocycles. The second-order valence-corrected chi connectivity index (χ2v) is 4.65. The molecule has 0 radical (unpaired) electrons. The molecule has 11 heteroatoms. The van der Waals surface area contributed by atoms with Gasteiger partial charge in [-0.25, -0.2) is 4.79 Å². The Balaban J connectivity index is 2.52. The molecule has 0 amide bonds. The Morgan fingerprint density at radius 3 is 2.90 bits per heavy atom. The van der Waals surface area contributed by atoms with E-state index in [-0.39, 0.29) is 0 Å². The third-order valence-corrected chi connectivity index (χ3v) is 3.37. The van der Waals surface area contributed by atoms with Gasteiger partial charge in [0.25, 0.3) is 5.56 Å². The number of aliphatic hydroxyl groups is 2. The van der Waals surface area contributed by atoms with Crippen LogP contribution < -0.4 is 11.2 Å². The molecule has 2 heterocycles. The minimum absolute atomic E-state index is 0.624. The molecule has 0 bridgehead atoms. The fourth-order valence-electron chi connectivity index (χ4n) is 2.23. The minimum Gasteiger partial charge on any atom is -0.393 e. The Morgan fingerprint density at radius 2 is 2.33 bits per heavy atom. The molecule has 2 rings (SSSR count). The summed E-state index contributed by atoms with van der Waals surface area (Å²) < 4.78 is 19.3. The Hall–Kier alpha value is -2.20. The summed E-state index contributed by atoms with van der Waals surface area (Å²) in [5, 5.41) is 22.6. The Kier molecular flexibility index (Phi) is 3.83. The van der Waals surface area contributed by atoms with Gasteiger partial charge in [-0.05, 0) is 5.53 Å². The highest BCUT2D eigenvalue weighted by Crippen LogP contribution is 2.41. The first kappa shape index (κ1) is 15.2. The number of azide groups is 1. The van der Waals surface area contributed by atoms with E-state index in [2.05, 4.69) is 10.0 Å². The third-order valence-electron chi connectivity index (χ3n) is 3.37. The van der Waals surface area contributed by atoms with Crippen LogP contribution in [0.2, 0.25) is 0 Å². The molecule has 1 aliphatic rings. The average Bonchev–Trinajstić information content (AvgIpc) is 2.69. The highest BCUT2D eigenvalue weighted by molar-refractivity contribution is 4.99. The normalized spacial score (nSPS) is 31.9. The van der Waals surface area contributed by atoms with Crippen LogP contribution in [0.3, 0.4) is 0 Å². The molecule has 1 saturated heterocycles.